The van der Waals surface area contributed by atoms with Crippen LogP contribution in [0.4, 0.5) is 0 Å². The highest BCUT2D eigenvalue weighted by Gasteiger charge is 2.07. The Morgan fingerprint density at radius 3 is 2.69 bits per heavy atom. The first kappa shape index (κ1) is 22.7. The first-order chi connectivity index (χ1) is 14.1. The molecule has 1 heterocycles. The lowest BCUT2D eigenvalue weighted by Crippen LogP contribution is -2.39. The molecule has 0 saturated carbocycles. The Hall–Kier alpha value is -2.54. The van der Waals surface area contributed by atoms with Crippen LogP contribution in [0.3, 0.4) is 0 Å². The fourth-order valence-corrected chi connectivity index (χ4v) is 3.63. The second kappa shape index (κ2) is 12.8. The van der Waals surface area contributed by atoms with E-state index < -0.39 is 0 Å². The molecular formula is C22H32N4O2S. The molecule has 7 heteroatoms. The predicted octanol–water partition coefficient (Wildman–Crippen LogP) is 3.20. The number of hydrogen-bond acceptors (Lipinski definition) is 4. The van der Waals surface area contributed by atoms with Crippen molar-refractivity contribution in [1.82, 2.24) is 16.0 Å². The Kier molecular flexibility index (Phi) is 10.1. The van der Waals surface area contributed by atoms with E-state index in [4.69, 9.17) is 4.74 Å². The first-order valence-electron chi connectivity index (χ1n) is 10.1. The summed E-state index contributed by atoms with van der Waals surface area (Å²) >= 11 is 1.80. The van der Waals surface area contributed by atoms with Gasteiger partial charge in [0, 0.05) is 24.5 Å². The Morgan fingerprint density at radius 2 is 1.97 bits per heavy atom. The van der Waals surface area contributed by atoms with Crippen molar-refractivity contribution in [2.45, 2.75) is 33.7 Å². The van der Waals surface area contributed by atoms with E-state index in [0.717, 1.165) is 31.0 Å². The summed E-state index contributed by atoms with van der Waals surface area (Å²) in [5.74, 6) is 1.88. The second-order valence-electron chi connectivity index (χ2n) is 6.85. The molecule has 1 aromatic heterocycles. The summed E-state index contributed by atoms with van der Waals surface area (Å²) in [7, 11) is 0. The molecular weight excluding hydrogens is 384 g/mol. The number of thiophene rings is 1. The Bertz CT molecular complexity index is 762. The zero-order valence-corrected chi connectivity index (χ0v) is 18.3. The molecule has 6 nitrogen and oxygen atoms in total. The van der Waals surface area contributed by atoms with E-state index in [9.17, 15) is 4.79 Å². The van der Waals surface area contributed by atoms with Gasteiger partial charge in [-0.05, 0) is 55.3 Å². The highest BCUT2D eigenvalue weighted by Crippen LogP contribution is 2.15. The molecule has 1 unspecified atom stereocenters. The van der Waals surface area contributed by atoms with E-state index in [-0.39, 0.29) is 12.5 Å². The van der Waals surface area contributed by atoms with Crippen LogP contribution >= 0.6 is 11.3 Å². The van der Waals surface area contributed by atoms with Gasteiger partial charge in [-0.3, -0.25) is 4.79 Å². The second-order valence-corrected chi connectivity index (χ2v) is 7.89. The van der Waals surface area contributed by atoms with Crippen molar-refractivity contribution < 1.29 is 9.53 Å². The standard InChI is InChI=1S/C22H32N4O2S/c1-4-23-21(27)16-28-19-9-6-8-18(13-19)15-26-22(24-5-2)25-14-17(3)12-20-10-7-11-29-20/h6-11,13,17H,4-5,12,14-16H2,1-3H3,(H,23,27)(H2,24,25,26). The summed E-state index contributed by atoms with van der Waals surface area (Å²) in [6.45, 7) is 9.01. The van der Waals surface area contributed by atoms with E-state index in [1.54, 1.807) is 11.3 Å². The summed E-state index contributed by atoms with van der Waals surface area (Å²) in [5.41, 5.74) is 1.03. The average molecular weight is 417 g/mol. The zero-order chi connectivity index (χ0) is 20.9. The van der Waals surface area contributed by atoms with Crippen LogP contribution in [-0.2, 0) is 17.8 Å². The van der Waals surface area contributed by atoms with Crippen molar-refractivity contribution in [2.24, 2.45) is 10.9 Å². The van der Waals surface area contributed by atoms with Crippen LogP contribution in [0.1, 0.15) is 31.2 Å². The van der Waals surface area contributed by atoms with Crippen LogP contribution in [0, 0.1) is 5.92 Å². The Morgan fingerprint density at radius 1 is 1.14 bits per heavy atom. The van der Waals surface area contributed by atoms with E-state index in [1.165, 1.54) is 4.88 Å². The third kappa shape index (κ3) is 9.00. The number of carbonyl (C=O) groups is 1. The highest BCUT2D eigenvalue weighted by atomic mass is 32.1. The normalized spacial score (nSPS) is 12.3. The number of rotatable bonds is 11. The summed E-state index contributed by atoms with van der Waals surface area (Å²) in [6.07, 6.45) is 1.06. The fraction of sp³-hybridized carbons (Fsp3) is 0.455. The van der Waals surface area contributed by atoms with Gasteiger partial charge in [0.2, 0.25) is 0 Å². The minimum atomic E-state index is -0.119. The van der Waals surface area contributed by atoms with E-state index in [1.807, 2.05) is 31.2 Å². The Labute approximate surface area is 177 Å². The number of nitrogens with zero attached hydrogens (tertiary/aromatic N) is 1. The lowest BCUT2D eigenvalue weighted by Gasteiger charge is -2.15. The maximum atomic E-state index is 11.5. The van der Waals surface area contributed by atoms with Gasteiger partial charge in [-0.1, -0.05) is 25.1 Å². The first-order valence-corrected chi connectivity index (χ1v) is 11.0. The molecule has 0 spiro atoms. The predicted molar refractivity (Wildman–Crippen MR) is 121 cm³/mol. The molecule has 0 aliphatic heterocycles. The van der Waals surface area contributed by atoms with Gasteiger partial charge < -0.3 is 20.7 Å². The lowest BCUT2D eigenvalue weighted by molar-refractivity contribution is -0.122. The maximum Gasteiger partial charge on any atom is 0.257 e. The molecule has 1 amide bonds. The van der Waals surface area contributed by atoms with Gasteiger partial charge in [0.15, 0.2) is 12.6 Å². The van der Waals surface area contributed by atoms with Crippen LogP contribution in [0.5, 0.6) is 5.75 Å². The lowest BCUT2D eigenvalue weighted by atomic mass is 10.1. The number of hydrogen-bond donors (Lipinski definition) is 3. The molecule has 1 atom stereocenters. The average Bonchev–Trinajstić information content (AvgIpc) is 3.22. The summed E-state index contributed by atoms with van der Waals surface area (Å²) in [5, 5.41) is 11.6. The van der Waals surface area contributed by atoms with Crippen LogP contribution in [0.2, 0.25) is 0 Å². The summed E-state index contributed by atoms with van der Waals surface area (Å²) in [4.78, 5) is 17.6. The number of carbonyl (C=O) groups excluding carboxylic acids is 1. The largest absolute Gasteiger partial charge is 0.484 e. The monoisotopic (exact) mass is 416 g/mol. The highest BCUT2D eigenvalue weighted by molar-refractivity contribution is 7.09. The molecule has 3 N–H and O–H groups in total. The van der Waals surface area contributed by atoms with E-state index in [2.05, 4.69) is 52.3 Å². The number of benzene rings is 1. The number of aliphatic imine (C=N–C) groups is 1. The molecule has 1 aromatic carbocycles. The van der Waals surface area contributed by atoms with Gasteiger partial charge in [0.1, 0.15) is 5.75 Å². The van der Waals surface area contributed by atoms with Crippen molar-refractivity contribution in [3.8, 4) is 5.75 Å². The van der Waals surface area contributed by atoms with Crippen LogP contribution in [-0.4, -0.2) is 38.1 Å². The zero-order valence-electron chi connectivity index (χ0n) is 17.5. The number of ether oxygens (including phenoxy) is 1. The minimum Gasteiger partial charge on any atom is -0.484 e. The maximum absolute atomic E-state index is 11.5. The number of guanidine groups is 1. The van der Waals surface area contributed by atoms with Gasteiger partial charge in [-0.2, -0.15) is 0 Å². The van der Waals surface area contributed by atoms with E-state index in [0.29, 0.717) is 24.8 Å². The fourth-order valence-electron chi connectivity index (χ4n) is 2.76. The molecule has 0 aliphatic carbocycles. The molecule has 2 aromatic rings. The number of likely N-dealkylation sites (N-methyl/N-ethyl adjacent to an activating group) is 1. The minimum absolute atomic E-state index is 0.0207. The Balaban J connectivity index is 1.86. The molecule has 0 radical (unpaired) electrons. The summed E-state index contributed by atoms with van der Waals surface area (Å²) < 4.78 is 5.55. The molecule has 0 saturated heterocycles. The van der Waals surface area contributed by atoms with Crippen molar-refractivity contribution in [1.29, 1.82) is 0 Å². The van der Waals surface area contributed by atoms with Crippen molar-refractivity contribution >= 4 is 23.2 Å². The van der Waals surface area contributed by atoms with Gasteiger partial charge in [-0.25, -0.2) is 4.99 Å². The molecule has 0 aliphatic rings. The van der Waals surface area contributed by atoms with Gasteiger partial charge in [-0.15, -0.1) is 11.3 Å². The van der Waals surface area contributed by atoms with Crippen LogP contribution in [0.25, 0.3) is 0 Å². The van der Waals surface area contributed by atoms with E-state index >= 15 is 0 Å². The SMILES string of the molecule is CCNC(=O)COc1cccc(CN=C(NCC)NCC(C)Cc2cccs2)c1. The van der Waals surface area contributed by atoms with Gasteiger partial charge in [0.05, 0.1) is 6.54 Å². The van der Waals surface area contributed by atoms with Crippen LogP contribution < -0.4 is 20.7 Å². The van der Waals surface area contributed by atoms with Crippen LogP contribution in [0.15, 0.2) is 46.8 Å². The third-order valence-corrected chi connectivity index (χ3v) is 5.05. The molecule has 158 valence electrons. The quantitative estimate of drug-likeness (QED) is 0.388. The van der Waals surface area contributed by atoms with Gasteiger partial charge in [0.25, 0.3) is 5.91 Å². The van der Waals surface area contributed by atoms with Crippen molar-refractivity contribution in [3.63, 3.8) is 0 Å². The van der Waals surface area contributed by atoms with Crippen molar-refractivity contribution in [3.05, 3.63) is 52.2 Å². The van der Waals surface area contributed by atoms with Crippen molar-refractivity contribution in [2.75, 3.05) is 26.2 Å². The molecule has 29 heavy (non-hydrogen) atoms. The summed E-state index contributed by atoms with van der Waals surface area (Å²) in [6, 6.07) is 12.0. The third-order valence-electron chi connectivity index (χ3n) is 4.15. The number of nitrogens with one attached hydrogen (secondary N) is 3. The smallest absolute Gasteiger partial charge is 0.257 e. The molecule has 2 rings (SSSR count). The van der Waals surface area contributed by atoms with Gasteiger partial charge >= 0.3 is 0 Å². The number of amides is 1. The molecule has 0 bridgehead atoms. The molecule has 0 fully saturated rings. The topological polar surface area (TPSA) is 74.8 Å².